The SMILES string of the molecule is N#Cc1ccc(CC(=O)O)c(C=O)c1C(F)(F)F. The number of carbonyl (C=O) groups is 2. The van der Waals surface area contributed by atoms with E-state index in [4.69, 9.17) is 10.4 Å². The third-order valence-electron chi connectivity index (χ3n) is 2.20. The van der Waals surface area contributed by atoms with Crippen molar-refractivity contribution in [1.82, 2.24) is 0 Å². The molecule has 0 aliphatic rings. The molecule has 0 spiro atoms. The fraction of sp³-hybridized carbons (Fsp3) is 0.182. The molecule has 0 heterocycles. The standard InChI is InChI=1S/C11H6F3NO3/c12-11(13,14)10-7(4-15)2-1-6(3-9(17)18)8(10)5-16/h1-2,5H,3H2,(H,17,18). The summed E-state index contributed by atoms with van der Waals surface area (Å²) in [7, 11) is 0. The predicted molar refractivity (Wildman–Crippen MR) is 52.9 cm³/mol. The molecule has 0 bridgehead atoms. The molecule has 4 nitrogen and oxygen atoms in total. The fourth-order valence-electron chi connectivity index (χ4n) is 1.51. The van der Waals surface area contributed by atoms with Crippen LogP contribution in [0.5, 0.6) is 0 Å². The Kier molecular flexibility index (Phi) is 3.71. The Balaban J connectivity index is 3.58. The number of carboxylic acid groups (broad SMARTS) is 1. The van der Waals surface area contributed by atoms with Gasteiger partial charge in [0.05, 0.1) is 23.6 Å². The topological polar surface area (TPSA) is 78.2 Å². The molecule has 0 radical (unpaired) electrons. The molecular formula is C11H6F3NO3. The Morgan fingerprint density at radius 1 is 1.44 bits per heavy atom. The highest BCUT2D eigenvalue weighted by molar-refractivity contribution is 5.84. The second-order valence-electron chi connectivity index (χ2n) is 3.36. The zero-order valence-electron chi connectivity index (χ0n) is 8.78. The summed E-state index contributed by atoms with van der Waals surface area (Å²) in [5.41, 5.74) is -3.18. The van der Waals surface area contributed by atoms with Gasteiger partial charge in [-0.1, -0.05) is 6.07 Å². The van der Waals surface area contributed by atoms with Gasteiger partial charge in [0.25, 0.3) is 0 Å². The number of hydrogen-bond donors (Lipinski definition) is 1. The number of halogens is 3. The van der Waals surface area contributed by atoms with Crippen LogP contribution in [0, 0.1) is 11.3 Å². The number of nitrogens with zero attached hydrogens (tertiary/aromatic N) is 1. The Hall–Kier alpha value is -2.36. The lowest BCUT2D eigenvalue weighted by Crippen LogP contribution is -2.15. The number of aldehydes is 1. The first-order valence-corrected chi connectivity index (χ1v) is 4.61. The zero-order valence-corrected chi connectivity index (χ0v) is 8.78. The molecule has 0 saturated heterocycles. The zero-order chi connectivity index (χ0) is 13.9. The van der Waals surface area contributed by atoms with Gasteiger partial charge in [-0.25, -0.2) is 0 Å². The summed E-state index contributed by atoms with van der Waals surface area (Å²) in [6.45, 7) is 0. The van der Waals surface area contributed by atoms with Crippen LogP contribution in [-0.2, 0) is 17.4 Å². The van der Waals surface area contributed by atoms with Gasteiger partial charge in [-0.2, -0.15) is 18.4 Å². The lowest BCUT2D eigenvalue weighted by atomic mass is 9.95. The quantitative estimate of drug-likeness (QED) is 0.840. The number of hydrogen-bond acceptors (Lipinski definition) is 3. The van der Waals surface area contributed by atoms with Crippen molar-refractivity contribution in [2.45, 2.75) is 12.6 Å². The van der Waals surface area contributed by atoms with Crippen LogP contribution in [0.15, 0.2) is 12.1 Å². The molecule has 1 rings (SSSR count). The minimum Gasteiger partial charge on any atom is -0.481 e. The van der Waals surface area contributed by atoms with E-state index in [1.165, 1.54) is 6.07 Å². The average molecular weight is 257 g/mol. The smallest absolute Gasteiger partial charge is 0.418 e. The number of alkyl halides is 3. The number of aliphatic carboxylic acids is 1. The molecule has 0 atom stereocenters. The van der Waals surface area contributed by atoms with E-state index >= 15 is 0 Å². The second kappa shape index (κ2) is 4.87. The van der Waals surface area contributed by atoms with Crippen LogP contribution in [0.25, 0.3) is 0 Å². The van der Waals surface area contributed by atoms with Gasteiger partial charge >= 0.3 is 12.1 Å². The van der Waals surface area contributed by atoms with Crippen molar-refractivity contribution in [3.05, 3.63) is 34.4 Å². The van der Waals surface area contributed by atoms with Gasteiger partial charge in [0.1, 0.15) is 0 Å². The van der Waals surface area contributed by atoms with Crippen molar-refractivity contribution in [2.75, 3.05) is 0 Å². The van der Waals surface area contributed by atoms with Crippen LogP contribution in [-0.4, -0.2) is 17.4 Å². The minimum atomic E-state index is -4.89. The molecule has 0 aliphatic heterocycles. The van der Waals surface area contributed by atoms with E-state index in [9.17, 15) is 22.8 Å². The van der Waals surface area contributed by atoms with Gasteiger partial charge in [-0.05, 0) is 11.6 Å². The highest BCUT2D eigenvalue weighted by Crippen LogP contribution is 2.35. The summed E-state index contributed by atoms with van der Waals surface area (Å²) in [5.74, 6) is -1.36. The van der Waals surface area contributed by atoms with Gasteiger partial charge in [0, 0.05) is 5.56 Å². The van der Waals surface area contributed by atoms with Gasteiger partial charge in [-0.15, -0.1) is 0 Å². The molecule has 0 amide bonds. The Morgan fingerprint density at radius 2 is 2.06 bits per heavy atom. The van der Waals surface area contributed by atoms with E-state index in [1.807, 2.05) is 0 Å². The molecular weight excluding hydrogens is 251 g/mol. The number of rotatable bonds is 3. The maximum absolute atomic E-state index is 12.7. The van der Waals surface area contributed by atoms with Crippen LogP contribution < -0.4 is 0 Å². The Morgan fingerprint density at radius 3 is 2.44 bits per heavy atom. The summed E-state index contributed by atoms with van der Waals surface area (Å²) >= 11 is 0. The number of benzene rings is 1. The van der Waals surface area contributed by atoms with Gasteiger partial charge < -0.3 is 5.11 Å². The first kappa shape index (κ1) is 13.7. The van der Waals surface area contributed by atoms with Crippen molar-refractivity contribution in [3.8, 4) is 6.07 Å². The Labute approximate surface area is 99.3 Å². The van der Waals surface area contributed by atoms with E-state index in [0.29, 0.717) is 0 Å². The second-order valence-corrected chi connectivity index (χ2v) is 3.36. The van der Waals surface area contributed by atoms with Gasteiger partial charge in [0.2, 0.25) is 0 Å². The normalized spacial score (nSPS) is 10.8. The molecule has 1 aromatic rings. The van der Waals surface area contributed by atoms with Crippen molar-refractivity contribution in [2.24, 2.45) is 0 Å². The van der Waals surface area contributed by atoms with Gasteiger partial charge in [-0.3, -0.25) is 9.59 Å². The largest absolute Gasteiger partial charge is 0.481 e. The van der Waals surface area contributed by atoms with Crippen molar-refractivity contribution < 1.29 is 27.9 Å². The van der Waals surface area contributed by atoms with E-state index in [2.05, 4.69) is 0 Å². The Bertz CT molecular complexity index is 544. The van der Waals surface area contributed by atoms with Gasteiger partial charge in [0.15, 0.2) is 6.29 Å². The summed E-state index contributed by atoms with van der Waals surface area (Å²) in [6.07, 6.45) is -5.69. The number of nitriles is 1. The van der Waals surface area contributed by atoms with E-state index in [-0.39, 0.29) is 11.8 Å². The molecule has 7 heteroatoms. The lowest BCUT2D eigenvalue weighted by Gasteiger charge is -2.13. The van der Waals surface area contributed by atoms with Crippen molar-refractivity contribution in [1.29, 1.82) is 5.26 Å². The number of carboxylic acids is 1. The summed E-state index contributed by atoms with van der Waals surface area (Å²) in [4.78, 5) is 21.2. The molecule has 0 fully saturated rings. The van der Waals surface area contributed by atoms with E-state index < -0.39 is 35.3 Å². The number of carbonyl (C=O) groups excluding carboxylic acids is 1. The first-order chi connectivity index (χ1) is 8.31. The van der Waals surface area contributed by atoms with Crippen LogP contribution in [0.1, 0.15) is 27.0 Å². The monoisotopic (exact) mass is 257 g/mol. The highest BCUT2D eigenvalue weighted by atomic mass is 19.4. The lowest BCUT2D eigenvalue weighted by molar-refractivity contribution is -0.139. The summed E-state index contributed by atoms with van der Waals surface area (Å²) in [6, 6.07) is 3.22. The van der Waals surface area contributed by atoms with E-state index in [0.717, 1.165) is 12.1 Å². The maximum atomic E-state index is 12.7. The molecule has 0 aliphatic carbocycles. The first-order valence-electron chi connectivity index (χ1n) is 4.61. The molecule has 94 valence electrons. The summed E-state index contributed by atoms with van der Waals surface area (Å²) in [5, 5.41) is 17.1. The molecule has 0 aromatic heterocycles. The molecule has 0 saturated carbocycles. The van der Waals surface area contributed by atoms with Crippen LogP contribution in [0.2, 0.25) is 0 Å². The molecule has 1 aromatic carbocycles. The fourth-order valence-corrected chi connectivity index (χ4v) is 1.51. The van der Waals surface area contributed by atoms with E-state index in [1.54, 1.807) is 0 Å². The van der Waals surface area contributed by atoms with Crippen molar-refractivity contribution in [3.63, 3.8) is 0 Å². The molecule has 0 unspecified atom stereocenters. The third kappa shape index (κ3) is 2.66. The average Bonchev–Trinajstić information content (AvgIpc) is 2.26. The van der Waals surface area contributed by atoms with Crippen LogP contribution in [0.3, 0.4) is 0 Å². The molecule has 1 N–H and O–H groups in total. The predicted octanol–water partition coefficient (Wildman–Crippen LogP) is 2.02. The van der Waals surface area contributed by atoms with Crippen LogP contribution >= 0.6 is 0 Å². The third-order valence-corrected chi connectivity index (χ3v) is 2.20. The summed E-state index contributed by atoms with van der Waals surface area (Å²) < 4.78 is 38.2. The van der Waals surface area contributed by atoms with Crippen molar-refractivity contribution >= 4 is 12.3 Å². The minimum absolute atomic E-state index is 0.0814. The maximum Gasteiger partial charge on any atom is 0.418 e. The highest BCUT2D eigenvalue weighted by Gasteiger charge is 2.37. The van der Waals surface area contributed by atoms with Crippen LogP contribution in [0.4, 0.5) is 13.2 Å². The molecule has 18 heavy (non-hydrogen) atoms.